The number of aromatic nitrogens is 1. The average molecular weight is 585 g/mol. The lowest BCUT2D eigenvalue weighted by Gasteiger charge is -2.29. The molecule has 6 aromatic rings. The van der Waals surface area contributed by atoms with Crippen molar-refractivity contribution in [1.82, 2.24) is 0 Å². The number of para-hydroxylation sites is 2. The second kappa shape index (κ2) is 11.4. The maximum Gasteiger partial charge on any atom is 0.543 e. The Morgan fingerprint density at radius 2 is 1.16 bits per heavy atom. The van der Waals surface area contributed by atoms with Gasteiger partial charge in [-0.2, -0.15) is 0 Å². The van der Waals surface area contributed by atoms with Gasteiger partial charge in [0.15, 0.2) is 0 Å². The molecule has 7 rings (SSSR count). The third-order valence-electron chi connectivity index (χ3n) is 9.01. The lowest BCUT2D eigenvalue weighted by molar-refractivity contribution is -0.658. The van der Waals surface area contributed by atoms with Crippen molar-refractivity contribution < 1.29 is 4.57 Å². The third-order valence-corrected chi connectivity index (χ3v) is 9.01. The number of hydrogen-bond donors (Lipinski definition) is 0. The molecule has 0 radical (unpaired) electrons. The Labute approximate surface area is 268 Å². The smallest absolute Gasteiger partial charge is 0.336 e. The summed E-state index contributed by atoms with van der Waals surface area (Å²) in [6, 6.07) is 50.7. The van der Waals surface area contributed by atoms with Crippen LogP contribution >= 0.6 is 0 Å². The molecule has 3 nitrogen and oxygen atoms in total. The monoisotopic (exact) mass is 584 g/mol. The highest BCUT2D eigenvalue weighted by Gasteiger charge is 2.53. The van der Waals surface area contributed by atoms with Crippen LogP contribution < -0.4 is 19.7 Å². The number of rotatable bonds is 5. The summed E-state index contributed by atoms with van der Waals surface area (Å²) in [4.78, 5) is 5.13. The van der Waals surface area contributed by atoms with Crippen LogP contribution in [-0.2, 0) is 12.5 Å². The Morgan fingerprint density at radius 3 is 1.73 bits per heavy atom. The Balaban J connectivity index is 1.62. The molecule has 0 fully saturated rings. The van der Waals surface area contributed by atoms with Crippen LogP contribution in [0.5, 0.6) is 0 Å². The van der Waals surface area contributed by atoms with E-state index < -0.39 is 0 Å². The summed E-state index contributed by atoms with van der Waals surface area (Å²) < 4.78 is 2.28. The molecule has 0 bridgehead atoms. The van der Waals surface area contributed by atoms with Gasteiger partial charge >= 0.3 is 6.98 Å². The molecular weight excluding hydrogens is 545 g/mol. The van der Waals surface area contributed by atoms with Gasteiger partial charge < -0.3 is 4.81 Å². The maximum absolute atomic E-state index is 2.58. The van der Waals surface area contributed by atoms with Crippen molar-refractivity contribution in [3.63, 3.8) is 0 Å². The summed E-state index contributed by atoms with van der Waals surface area (Å²) in [6.45, 7) is 8.95. The molecule has 1 aromatic heterocycles. The number of aryl methyl sites for hydroxylation is 2. The fraction of sp³-hybridized carbons (Fsp3) is 0.146. The van der Waals surface area contributed by atoms with Crippen LogP contribution in [0.25, 0.3) is 22.3 Å². The summed E-state index contributed by atoms with van der Waals surface area (Å²) in [7, 11) is 2.17. The van der Waals surface area contributed by atoms with Crippen LogP contribution in [0, 0.1) is 6.92 Å². The highest BCUT2D eigenvalue weighted by Crippen LogP contribution is 2.48. The van der Waals surface area contributed by atoms with Crippen molar-refractivity contribution in [3.05, 3.63) is 157 Å². The van der Waals surface area contributed by atoms with Crippen LogP contribution in [0.2, 0.25) is 0 Å². The quantitative estimate of drug-likeness (QED) is 0.148. The lowest BCUT2D eigenvalue weighted by atomic mass is 9.59. The van der Waals surface area contributed by atoms with Gasteiger partial charge in [-0.15, -0.1) is 0 Å². The Morgan fingerprint density at radius 1 is 0.600 bits per heavy atom. The average Bonchev–Trinajstić information content (AvgIpc) is 3.41. The van der Waals surface area contributed by atoms with Crippen molar-refractivity contribution in [3.8, 4) is 22.3 Å². The molecule has 0 spiro atoms. The van der Waals surface area contributed by atoms with E-state index in [4.69, 9.17) is 0 Å². The number of nitrogens with zero attached hydrogens (tertiary/aromatic N) is 3. The SMILES string of the molecule is Cc1cccc2c1N(c1cc(C(C)(C)C)cc[n+]1C)B(c1c(-c3ccccc3)cccc1-c1ccccc1)N2c1ccccc1. The number of pyridine rings is 1. The lowest BCUT2D eigenvalue weighted by Crippen LogP contribution is -2.57. The fourth-order valence-corrected chi connectivity index (χ4v) is 6.73. The Kier molecular flexibility index (Phi) is 7.29. The zero-order valence-electron chi connectivity index (χ0n) is 26.8. The van der Waals surface area contributed by atoms with Gasteiger partial charge in [0.2, 0.25) is 0 Å². The molecule has 220 valence electrons. The molecule has 0 aliphatic carbocycles. The summed E-state index contributed by atoms with van der Waals surface area (Å²) in [5.74, 6) is 1.16. The zero-order chi connectivity index (χ0) is 31.1. The van der Waals surface area contributed by atoms with E-state index in [-0.39, 0.29) is 12.4 Å². The minimum absolute atomic E-state index is 0.00303. The molecular formula is C41H39BN3+. The fourth-order valence-electron chi connectivity index (χ4n) is 6.73. The van der Waals surface area contributed by atoms with E-state index in [9.17, 15) is 0 Å². The normalized spacial score (nSPS) is 12.9. The van der Waals surface area contributed by atoms with Gasteiger partial charge in [0.25, 0.3) is 5.82 Å². The highest BCUT2D eigenvalue weighted by atomic mass is 15.3. The highest BCUT2D eigenvalue weighted by molar-refractivity contribution is 6.86. The number of benzene rings is 5. The number of hydrogen-bond acceptors (Lipinski definition) is 2. The summed E-state index contributed by atoms with van der Waals surface area (Å²) in [5.41, 5.74) is 12.3. The van der Waals surface area contributed by atoms with Gasteiger partial charge in [0.05, 0.1) is 18.9 Å². The number of fused-ring (bicyclic) bond motifs is 1. The minimum Gasteiger partial charge on any atom is -0.336 e. The van der Waals surface area contributed by atoms with Crippen LogP contribution in [0.4, 0.5) is 22.9 Å². The first kappa shape index (κ1) is 28.7. The first-order valence-corrected chi connectivity index (χ1v) is 15.8. The molecule has 1 aliphatic heterocycles. The molecule has 45 heavy (non-hydrogen) atoms. The van der Waals surface area contributed by atoms with Gasteiger partial charge in [-0.3, -0.25) is 4.81 Å². The van der Waals surface area contributed by atoms with Gasteiger partial charge in [0, 0.05) is 17.2 Å². The predicted octanol–water partition coefficient (Wildman–Crippen LogP) is 9.14. The molecule has 0 N–H and O–H groups in total. The van der Waals surface area contributed by atoms with E-state index in [0.29, 0.717) is 0 Å². The molecule has 0 amide bonds. The van der Waals surface area contributed by atoms with Crippen LogP contribution in [0.1, 0.15) is 31.9 Å². The standard InChI is InChI=1S/C41H39BN3/c1-30-17-15-26-37-40(30)45(38-29-33(41(2,3)4)27-28-43(38)5)42(44(37)34-22-13-8-14-23-34)39-35(31-18-9-6-10-19-31)24-16-25-36(39)32-20-11-7-12-21-32/h6-29H,1-5H3/q+1. The summed E-state index contributed by atoms with van der Waals surface area (Å²) in [6.07, 6.45) is 2.22. The second-order valence-corrected chi connectivity index (χ2v) is 13.0. The van der Waals surface area contributed by atoms with E-state index in [1.807, 2.05) is 0 Å². The van der Waals surface area contributed by atoms with E-state index in [2.05, 4.69) is 195 Å². The van der Waals surface area contributed by atoms with Gasteiger partial charge in [-0.25, -0.2) is 4.57 Å². The van der Waals surface area contributed by atoms with Gasteiger partial charge in [0.1, 0.15) is 5.69 Å². The topological polar surface area (TPSA) is 10.4 Å². The molecule has 0 atom stereocenters. The first-order chi connectivity index (χ1) is 21.8. The molecule has 0 saturated carbocycles. The van der Waals surface area contributed by atoms with Crippen LogP contribution in [-0.4, -0.2) is 6.98 Å². The van der Waals surface area contributed by atoms with Crippen molar-refractivity contribution in [1.29, 1.82) is 0 Å². The second-order valence-electron chi connectivity index (χ2n) is 13.0. The predicted molar refractivity (Wildman–Crippen MR) is 191 cm³/mol. The van der Waals surface area contributed by atoms with Crippen LogP contribution in [0.15, 0.2) is 146 Å². The zero-order valence-corrected chi connectivity index (χ0v) is 26.8. The molecule has 0 saturated heterocycles. The Bertz CT molecular complexity index is 1910. The number of anilines is 4. The summed E-state index contributed by atoms with van der Waals surface area (Å²) >= 11 is 0. The maximum atomic E-state index is 2.58. The molecule has 5 aromatic carbocycles. The minimum atomic E-state index is -0.170. The van der Waals surface area contributed by atoms with Gasteiger partial charge in [-0.05, 0) is 70.0 Å². The molecule has 4 heteroatoms. The van der Waals surface area contributed by atoms with Crippen molar-refractivity contribution in [2.24, 2.45) is 7.05 Å². The van der Waals surface area contributed by atoms with E-state index in [1.165, 1.54) is 50.2 Å². The van der Waals surface area contributed by atoms with E-state index in [1.54, 1.807) is 0 Å². The third kappa shape index (κ3) is 5.11. The first-order valence-electron chi connectivity index (χ1n) is 15.8. The Hall–Kier alpha value is -5.09. The molecule has 1 aliphatic rings. The van der Waals surface area contributed by atoms with Crippen molar-refractivity contribution in [2.75, 3.05) is 9.62 Å². The molecule has 0 unspecified atom stereocenters. The van der Waals surface area contributed by atoms with E-state index in [0.717, 1.165) is 11.5 Å². The van der Waals surface area contributed by atoms with Crippen molar-refractivity contribution >= 4 is 35.3 Å². The van der Waals surface area contributed by atoms with E-state index >= 15 is 0 Å². The molecule has 2 heterocycles. The summed E-state index contributed by atoms with van der Waals surface area (Å²) in [5, 5.41) is 0. The largest absolute Gasteiger partial charge is 0.543 e. The van der Waals surface area contributed by atoms with Crippen LogP contribution in [0.3, 0.4) is 0 Å². The van der Waals surface area contributed by atoms with Crippen molar-refractivity contribution in [2.45, 2.75) is 33.1 Å². The van der Waals surface area contributed by atoms with Gasteiger partial charge in [-0.1, -0.05) is 130 Å².